The number of carbonyl (C=O) groups excluding carboxylic acids is 1. The summed E-state index contributed by atoms with van der Waals surface area (Å²) in [4.78, 5) is 13.8. The van der Waals surface area contributed by atoms with E-state index in [1.165, 1.54) is 0 Å². The number of hydrogen-bond donors (Lipinski definition) is 0. The van der Waals surface area contributed by atoms with Gasteiger partial charge in [-0.25, -0.2) is 8.42 Å². The van der Waals surface area contributed by atoms with Crippen LogP contribution in [0, 0.1) is 0 Å². The van der Waals surface area contributed by atoms with Gasteiger partial charge in [0.25, 0.3) is 5.91 Å². The van der Waals surface area contributed by atoms with E-state index >= 15 is 0 Å². The fourth-order valence-corrected chi connectivity index (χ4v) is 4.13. The minimum Gasteiger partial charge on any atom is -0.484 e. The highest BCUT2D eigenvalue weighted by Crippen LogP contribution is 2.18. The van der Waals surface area contributed by atoms with Gasteiger partial charge < -0.3 is 9.64 Å². The number of carbonyl (C=O) groups is 1. The summed E-state index contributed by atoms with van der Waals surface area (Å²) >= 11 is 0. The van der Waals surface area contributed by atoms with Crippen molar-refractivity contribution in [1.82, 2.24) is 4.90 Å². The molecule has 1 amide bonds. The molecule has 1 aromatic carbocycles. The van der Waals surface area contributed by atoms with E-state index in [0.717, 1.165) is 0 Å². The summed E-state index contributed by atoms with van der Waals surface area (Å²) < 4.78 is 28.4. The Hall–Kier alpha value is -1.56. The maximum absolute atomic E-state index is 12.2. The maximum atomic E-state index is 12.2. The van der Waals surface area contributed by atoms with Gasteiger partial charge in [-0.3, -0.25) is 4.79 Å². The summed E-state index contributed by atoms with van der Waals surface area (Å²) in [6.07, 6.45) is 0.521. The van der Waals surface area contributed by atoms with Crippen molar-refractivity contribution in [2.75, 3.05) is 24.7 Å². The van der Waals surface area contributed by atoms with Crippen molar-refractivity contribution in [3.8, 4) is 5.75 Å². The minimum atomic E-state index is -2.99. The summed E-state index contributed by atoms with van der Waals surface area (Å²) in [5, 5.41) is 0. The molecule has 0 unspecified atom stereocenters. The van der Waals surface area contributed by atoms with Crippen molar-refractivity contribution in [2.45, 2.75) is 19.4 Å². The number of amides is 1. The van der Waals surface area contributed by atoms with Crippen molar-refractivity contribution in [2.24, 2.45) is 0 Å². The zero-order valence-corrected chi connectivity index (χ0v) is 12.3. The molecule has 1 fully saturated rings. The molecule has 1 atom stereocenters. The van der Waals surface area contributed by atoms with Crippen molar-refractivity contribution in [3.63, 3.8) is 0 Å². The Balaban J connectivity index is 1.93. The van der Waals surface area contributed by atoms with E-state index in [4.69, 9.17) is 4.74 Å². The molecule has 0 saturated carbocycles. The normalized spacial score (nSPS) is 20.6. The number of likely N-dealkylation sites (N-methyl/N-ethyl adjacent to an activating group) is 1. The highest BCUT2D eigenvalue weighted by molar-refractivity contribution is 7.91. The summed E-state index contributed by atoms with van der Waals surface area (Å²) in [6, 6.07) is 8.89. The van der Waals surface area contributed by atoms with Crippen LogP contribution in [0.2, 0.25) is 0 Å². The Morgan fingerprint density at radius 3 is 2.60 bits per heavy atom. The fraction of sp³-hybridized carbons (Fsp3) is 0.500. The lowest BCUT2D eigenvalue weighted by atomic mass is 10.2. The first-order valence-corrected chi connectivity index (χ1v) is 8.51. The number of nitrogens with zero attached hydrogens (tertiary/aromatic N) is 1. The molecular formula is C14H19NO4S. The molecule has 5 nitrogen and oxygen atoms in total. The molecule has 0 radical (unpaired) electrons. The minimum absolute atomic E-state index is 0.0611. The van der Waals surface area contributed by atoms with Gasteiger partial charge in [0.05, 0.1) is 11.5 Å². The van der Waals surface area contributed by atoms with Crippen LogP contribution in [-0.4, -0.2) is 49.9 Å². The Morgan fingerprint density at radius 1 is 1.35 bits per heavy atom. The van der Waals surface area contributed by atoms with Crippen LogP contribution in [0.3, 0.4) is 0 Å². The van der Waals surface area contributed by atoms with E-state index in [0.29, 0.717) is 18.7 Å². The number of hydrogen-bond acceptors (Lipinski definition) is 4. The molecule has 1 saturated heterocycles. The van der Waals surface area contributed by atoms with E-state index in [1.807, 2.05) is 25.1 Å². The lowest BCUT2D eigenvalue weighted by molar-refractivity contribution is -0.135. The smallest absolute Gasteiger partial charge is 0.260 e. The summed E-state index contributed by atoms with van der Waals surface area (Å²) in [5.74, 6) is 0.702. The Labute approximate surface area is 119 Å². The molecule has 1 heterocycles. The molecule has 0 bridgehead atoms. The molecule has 1 aromatic rings. The van der Waals surface area contributed by atoms with Gasteiger partial charge in [0.15, 0.2) is 16.4 Å². The second-order valence-electron chi connectivity index (χ2n) is 4.84. The Bertz CT molecular complexity index is 556. The Morgan fingerprint density at radius 2 is 2.05 bits per heavy atom. The average molecular weight is 297 g/mol. The van der Waals surface area contributed by atoms with E-state index in [9.17, 15) is 13.2 Å². The highest BCUT2D eigenvalue weighted by Gasteiger charge is 2.33. The summed E-state index contributed by atoms with van der Waals surface area (Å²) in [6.45, 7) is 2.29. The van der Waals surface area contributed by atoms with E-state index in [-0.39, 0.29) is 30.1 Å². The first-order chi connectivity index (χ1) is 9.52. The highest BCUT2D eigenvalue weighted by atomic mass is 32.2. The van der Waals surface area contributed by atoms with E-state index < -0.39 is 9.84 Å². The van der Waals surface area contributed by atoms with Crippen molar-refractivity contribution in [3.05, 3.63) is 30.3 Å². The van der Waals surface area contributed by atoms with Crippen LogP contribution in [0.1, 0.15) is 13.3 Å². The van der Waals surface area contributed by atoms with Crippen LogP contribution >= 0.6 is 0 Å². The molecule has 1 aliphatic rings. The first-order valence-electron chi connectivity index (χ1n) is 6.69. The molecular weight excluding hydrogens is 278 g/mol. The van der Waals surface area contributed by atoms with Gasteiger partial charge in [-0.05, 0) is 25.5 Å². The third-order valence-corrected chi connectivity index (χ3v) is 5.17. The average Bonchev–Trinajstić information content (AvgIpc) is 2.78. The zero-order valence-electron chi connectivity index (χ0n) is 11.5. The lowest BCUT2D eigenvalue weighted by Crippen LogP contribution is -2.43. The van der Waals surface area contributed by atoms with Crippen LogP contribution in [0.4, 0.5) is 0 Å². The molecule has 1 aliphatic heterocycles. The van der Waals surface area contributed by atoms with Gasteiger partial charge >= 0.3 is 0 Å². The van der Waals surface area contributed by atoms with Gasteiger partial charge in [-0.2, -0.15) is 0 Å². The second-order valence-corrected chi connectivity index (χ2v) is 7.07. The van der Waals surface area contributed by atoms with Crippen molar-refractivity contribution >= 4 is 15.7 Å². The lowest BCUT2D eigenvalue weighted by Gasteiger charge is -2.26. The quantitative estimate of drug-likeness (QED) is 0.816. The van der Waals surface area contributed by atoms with Gasteiger partial charge in [0.2, 0.25) is 0 Å². The standard InChI is InChI=1S/C14H19NO4S/c1-2-15(12-8-9-20(17,18)11-12)14(16)10-19-13-6-4-3-5-7-13/h3-7,12H,2,8-11H2,1H3/t12-/m0/s1. The molecule has 0 spiro atoms. The molecule has 110 valence electrons. The SMILES string of the molecule is CCN(C(=O)COc1ccccc1)[C@H]1CCS(=O)(=O)C1. The third-order valence-electron chi connectivity index (χ3n) is 3.42. The van der Waals surface area contributed by atoms with Gasteiger partial charge in [0, 0.05) is 12.6 Å². The van der Waals surface area contributed by atoms with Crippen molar-refractivity contribution in [1.29, 1.82) is 0 Å². The molecule has 20 heavy (non-hydrogen) atoms. The van der Waals surface area contributed by atoms with Crippen LogP contribution < -0.4 is 4.74 Å². The molecule has 2 rings (SSSR count). The zero-order chi connectivity index (χ0) is 14.6. The van der Waals surface area contributed by atoms with Gasteiger partial charge in [-0.15, -0.1) is 0 Å². The van der Waals surface area contributed by atoms with E-state index in [2.05, 4.69) is 0 Å². The van der Waals surface area contributed by atoms with Gasteiger partial charge in [-0.1, -0.05) is 18.2 Å². The van der Waals surface area contributed by atoms with Gasteiger partial charge in [0.1, 0.15) is 5.75 Å². The predicted molar refractivity (Wildman–Crippen MR) is 76.4 cm³/mol. The number of para-hydroxylation sites is 1. The second kappa shape index (κ2) is 6.26. The maximum Gasteiger partial charge on any atom is 0.260 e. The van der Waals surface area contributed by atoms with E-state index in [1.54, 1.807) is 17.0 Å². The molecule has 6 heteroatoms. The van der Waals surface area contributed by atoms with Crippen molar-refractivity contribution < 1.29 is 17.9 Å². The molecule has 0 aromatic heterocycles. The first kappa shape index (κ1) is 14.8. The topological polar surface area (TPSA) is 63.7 Å². The number of sulfone groups is 1. The predicted octanol–water partition coefficient (Wildman–Crippen LogP) is 1.10. The van der Waals surface area contributed by atoms with Crippen LogP contribution in [0.15, 0.2) is 30.3 Å². The van der Waals surface area contributed by atoms with Crippen LogP contribution in [0.5, 0.6) is 5.75 Å². The van der Waals surface area contributed by atoms with Crippen LogP contribution in [0.25, 0.3) is 0 Å². The molecule has 0 aliphatic carbocycles. The largest absolute Gasteiger partial charge is 0.484 e. The summed E-state index contributed by atoms with van der Waals surface area (Å²) in [7, 11) is -2.99. The molecule has 0 N–H and O–H groups in total. The fourth-order valence-electron chi connectivity index (χ4n) is 2.40. The Kier molecular flexibility index (Phi) is 4.65. The monoisotopic (exact) mass is 297 g/mol. The van der Waals surface area contributed by atoms with Crippen LogP contribution in [-0.2, 0) is 14.6 Å². The number of rotatable bonds is 5. The number of benzene rings is 1. The summed E-state index contributed by atoms with van der Waals surface area (Å²) in [5.41, 5.74) is 0. The third kappa shape index (κ3) is 3.72. The number of ether oxygens (including phenoxy) is 1.